The van der Waals surface area contributed by atoms with Gasteiger partial charge in [-0.3, -0.25) is 9.36 Å². The van der Waals surface area contributed by atoms with Gasteiger partial charge in [-0.2, -0.15) is 0 Å². The summed E-state index contributed by atoms with van der Waals surface area (Å²) in [5.41, 5.74) is 0.768. The van der Waals surface area contributed by atoms with Crippen molar-refractivity contribution >= 4 is 23.1 Å². The van der Waals surface area contributed by atoms with E-state index in [4.69, 9.17) is 0 Å². The van der Waals surface area contributed by atoms with Crippen LogP contribution in [0.3, 0.4) is 0 Å². The monoisotopic (exact) mass is 357 g/mol. The summed E-state index contributed by atoms with van der Waals surface area (Å²) in [4.78, 5) is 29.7. The van der Waals surface area contributed by atoms with Crippen LogP contribution in [0.15, 0.2) is 24.8 Å². The second-order valence-electron chi connectivity index (χ2n) is 5.44. The van der Waals surface area contributed by atoms with E-state index in [2.05, 4.69) is 30.6 Å². The lowest BCUT2D eigenvalue weighted by Gasteiger charge is -2.09. The standard InChI is InChI=1S/C16H19N7OS/c1-10-15(25-12(3)22-10)16(24)19-5-4-18-13-8-14(21-9-20-13)23-7-6-17-11(23)2/h6-9H,4-5H2,1-3H3,(H,19,24)(H,18,20,21). The van der Waals surface area contributed by atoms with Gasteiger partial charge >= 0.3 is 0 Å². The number of hydrogen-bond acceptors (Lipinski definition) is 7. The number of anilines is 1. The molecule has 0 unspecified atom stereocenters. The summed E-state index contributed by atoms with van der Waals surface area (Å²) >= 11 is 1.41. The number of aromatic nitrogens is 5. The number of thiazole rings is 1. The molecule has 0 aromatic carbocycles. The molecule has 0 radical (unpaired) electrons. The number of nitrogens with one attached hydrogen (secondary N) is 2. The minimum absolute atomic E-state index is 0.0951. The Labute approximate surface area is 149 Å². The molecule has 3 heterocycles. The number of amides is 1. The number of aryl methyl sites for hydroxylation is 3. The smallest absolute Gasteiger partial charge is 0.263 e. The van der Waals surface area contributed by atoms with Crippen LogP contribution in [0.25, 0.3) is 5.82 Å². The lowest BCUT2D eigenvalue weighted by Crippen LogP contribution is -2.28. The van der Waals surface area contributed by atoms with Crippen LogP contribution >= 0.6 is 11.3 Å². The van der Waals surface area contributed by atoms with E-state index in [1.165, 1.54) is 17.7 Å². The van der Waals surface area contributed by atoms with Gasteiger partial charge in [0.25, 0.3) is 5.91 Å². The van der Waals surface area contributed by atoms with Gasteiger partial charge in [-0.1, -0.05) is 0 Å². The topological polar surface area (TPSA) is 97.6 Å². The fourth-order valence-corrected chi connectivity index (χ4v) is 3.22. The molecule has 3 rings (SSSR count). The third-order valence-corrected chi connectivity index (χ3v) is 4.62. The molecule has 0 spiro atoms. The van der Waals surface area contributed by atoms with Crippen LogP contribution in [-0.4, -0.2) is 43.5 Å². The molecule has 0 aliphatic rings. The fraction of sp³-hybridized carbons (Fsp3) is 0.312. The molecular weight excluding hydrogens is 338 g/mol. The van der Waals surface area contributed by atoms with E-state index < -0.39 is 0 Å². The fourth-order valence-electron chi connectivity index (χ4n) is 2.38. The SMILES string of the molecule is Cc1nc(C)c(C(=O)NCCNc2cc(-n3ccnc3C)ncn2)s1. The van der Waals surface area contributed by atoms with E-state index in [0.717, 1.165) is 22.3 Å². The first-order chi connectivity index (χ1) is 12.0. The van der Waals surface area contributed by atoms with Crippen LogP contribution in [0.2, 0.25) is 0 Å². The summed E-state index contributed by atoms with van der Waals surface area (Å²) in [5.74, 6) is 2.19. The van der Waals surface area contributed by atoms with E-state index in [1.807, 2.05) is 37.6 Å². The first-order valence-corrected chi connectivity index (χ1v) is 8.64. The maximum Gasteiger partial charge on any atom is 0.263 e. The molecule has 0 saturated carbocycles. The minimum atomic E-state index is -0.0951. The van der Waals surface area contributed by atoms with E-state index in [0.29, 0.717) is 23.8 Å². The van der Waals surface area contributed by atoms with Gasteiger partial charge in [0.15, 0.2) is 0 Å². The van der Waals surface area contributed by atoms with Crippen molar-refractivity contribution in [3.05, 3.63) is 46.2 Å². The highest BCUT2D eigenvalue weighted by molar-refractivity contribution is 7.13. The Morgan fingerprint density at radius 3 is 2.72 bits per heavy atom. The Kier molecular flexibility index (Phi) is 5.03. The van der Waals surface area contributed by atoms with Gasteiger partial charge in [0.2, 0.25) is 0 Å². The summed E-state index contributed by atoms with van der Waals surface area (Å²) in [6, 6.07) is 1.84. The number of rotatable bonds is 6. The van der Waals surface area contributed by atoms with Gasteiger partial charge in [-0.15, -0.1) is 11.3 Å². The number of carbonyl (C=O) groups excluding carboxylic acids is 1. The Balaban J connectivity index is 1.53. The van der Waals surface area contributed by atoms with Crippen molar-refractivity contribution in [2.24, 2.45) is 0 Å². The molecule has 0 aliphatic heterocycles. The van der Waals surface area contributed by atoms with Crippen molar-refractivity contribution in [1.82, 2.24) is 29.8 Å². The van der Waals surface area contributed by atoms with Crippen LogP contribution in [0.5, 0.6) is 0 Å². The molecule has 0 aliphatic carbocycles. The second kappa shape index (κ2) is 7.39. The summed E-state index contributed by atoms with van der Waals surface area (Å²) < 4.78 is 1.88. The van der Waals surface area contributed by atoms with Crippen molar-refractivity contribution < 1.29 is 4.79 Å². The van der Waals surface area contributed by atoms with Crippen LogP contribution in [0.1, 0.15) is 26.2 Å². The van der Waals surface area contributed by atoms with Crippen LogP contribution in [-0.2, 0) is 0 Å². The molecule has 130 valence electrons. The summed E-state index contributed by atoms with van der Waals surface area (Å²) in [6.45, 7) is 6.69. The summed E-state index contributed by atoms with van der Waals surface area (Å²) in [6.07, 6.45) is 5.07. The average Bonchev–Trinajstić information content (AvgIpc) is 3.16. The van der Waals surface area contributed by atoms with Crippen molar-refractivity contribution in [2.75, 3.05) is 18.4 Å². The lowest BCUT2D eigenvalue weighted by atomic mass is 10.3. The van der Waals surface area contributed by atoms with E-state index in [-0.39, 0.29) is 5.91 Å². The molecule has 3 aromatic heterocycles. The molecule has 3 aromatic rings. The maximum atomic E-state index is 12.1. The molecule has 9 heteroatoms. The molecule has 25 heavy (non-hydrogen) atoms. The molecule has 1 amide bonds. The zero-order chi connectivity index (χ0) is 17.8. The zero-order valence-corrected chi connectivity index (χ0v) is 15.1. The van der Waals surface area contributed by atoms with Crippen molar-refractivity contribution in [3.63, 3.8) is 0 Å². The molecule has 0 bridgehead atoms. The van der Waals surface area contributed by atoms with E-state index >= 15 is 0 Å². The Bertz CT molecular complexity index is 886. The Morgan fingerprint density at radius 2 is 2.04 bits per heavy atom. The number of carbonyl (C=O) groups is 1. The van der Waals surface area contributed by atoms with Gasteiger partial charge in [0, 0.05) is 31.5 Å². The van der Waals surface area contributed by atoms with Crippen LogP contribution in [0.4, 0.5) is 5.82 Å². The predicted octanol–water partition coefficient (Wildman–Crippen LogP) is 1.89. The number of nitrogens with zero attached hydrogens (tertiary/aromatic N) is 5. The Morgan fingerprint density at radius 1 is 1.20 bits per heavy atom. The highest BCUT2D eigenvalue weighted by atomic mass is 32.1. The van der Waals surface area contributed by atoms with Gasteiger partial charge < -0.3 is 10.6 Å². The summed E-state index contributed by atoms with van der Waals surface area (Å²) in [7, 11) is 0. The van der Waals surface area contributed by atoms with Crippen molar-refractivity contribution in [2.45, 2.75) is 20.8 Å². The molecule has 0 fully saturated rings. The van der Waals surface area contributed by atoms with Gasteiger partial charge in [-0.25, -0.2) is 19.9 Å². The highest BCUT2D eigenvalue weighted by Crippen LogP contribution is 2.16. The molecular formula is C16H19N7OS. The molecule has 8 nitrogen and oxygen atoms in total. The highest BCUT2D eigenvalue weighted by Gasteiger charge is 2.12. The van der Waals surface area contributed by atoms with Gasteiger partial charge in [0.05, 0.1) is 10.7 Å². The van der Waals surface area contributed by atoms with Gasteiger partial charge in [0.1, 0.15) is 28.7 Å². The molecule has 0 saturated heterocycles. The second-order valence-corrected chi connectivity index (χ2v) is 6.64. The largest absolute Gasteiger partial charge is 0.368 e. The van der Waals surface area contributed by atoms with Crippen LogP contribution in [0, 0.1) is 20.8 Å². The number of hydrogen-bond donors (Lipinski definition) is 2. The van der Waals surface area contributed by atoms with E-state index in [9.17, 15) is 4.79 Å². The molecule has 0 atom stereocenters. The Hall–Kier alpha value is -2.81. The van der Waals surface area contributed by atoms with Crippen molar-refractivity contribution in [1.29, 1.82) is 0 Å². The average molecular weight is 357 g/mol. The van der Waals surface area contributed by atoms with Crippen LogP contribution < -0.4 is 10.6 Å². The minimum Gasteiger partial charge on any atom is -0.368 e. The third-order valence-electron chi connectivity index (χ3n) is 3.55. The third kappa shape index (κ3) is 4.00. The molecule has 2 N–H and O–H groups in total. The zero-order valence-electron chi connectivity index (χ0n) is 14.3. The van der Waals surface area contributed by atoms with Crippen molar-refractivity contribution in [3.8, 4) is 5.82 Å². The van der Waals surface area contributed by atoms with Gasteiger partial charge in [-0.05, 0) is 20.8 Å². The predicted molar refractivity (Wildman–Crippen MR) is 96.3 cm³/mol. The lowest BCUT2D eigenvalue weighted by molar-refractivity contribution is 0.0958. The quantitative estimate of drug-likeness (QED) is 0.654. The summed E-state index contributed by atoms with van der Waals surface area (Å²) in [5, 5.41) is 6.96. The normalized spacial score (nSPS) is 10.7. The van der Waals surface area contributed by atoms with E-state index in [1.54, 1.807) is 6.20 Å². The first-order valence-electron chi connectivity index (χ1n) is 7.83. The number of imidazole rings is 1. The maximum absolute atomic E-state index is 12.1. The first kappa shape index (κ1) is 17.0.